The van der Waals surface area contributed by atoms with Crippen molar-refractivity contribution in [1.29, 1.82) is 0 Å². The van der Waals surface area contributed by atoms with E-state index in [9.17, 15) is 0 Å². The second-order valence-electron chi connectivity index (χ2n) is 4.14. The quantitative estimate of drug-likeness (QED) is 0.785. The molecular weight excluding hydrogens is 174 g/mol. The van der Waals surface area contributed by atoms with Gasteiger partial charge in [-0.05, 0) is 18.9 Å². The van der Waals surface area contributed by atoms with Crippen LogP contribution >= 0.6 is 0 Å². The van der Waals surface area contributed by atoms with Gasteiger partial charge in [-0.25, -0.2) is 0 Å². The Morgan fingerprint density at radius 3 is 2.71 bits per heavy atom. The van der Waals surface area contributed by atoms with Gasteiger partial charge in [-0.3, -0.25) is 0 Å². The standard InChI is InChI=1S/C12H17NO/c1-12(14-2)8-11(12)13-9-10-6-4-3-5-7-10/h3-7,11,13H,8-9H2,1-2H3/t11-,12+/m0/s1. The molecule has 2 nitrogen and oxygen atoms in total. The molecule has 0 bridgehead atoms. The third-order valence-corrected chi connectivity index (χ3v) is 3.05. The van der Waals surface area contributed by atoms with E-state index in [0.29, 0.717) is 6.04 Å². The van der Waals surface area contributed by atoms with Crippen molar-refractivity contribution >= 4 is 0 Å². The number of ether oxygens (including phenoxy) is 1. The van der Waals surface area contributed by atoms with Gasteiger partial charge in [0.1, 0.15) is 0 Å². The van der Waals surface area contributed by atoms with Gasteiger partial charge in [0.15, 0.2) is 0 Å². The highest BCUT2D eigenvalue weighted by molar-refractivity contribution is 5.16. The molecular formula is C12H17NO. The van der Waals surface area contributed by atoms with Crippen LogP contribution in [-0.4, -0.2) is 18.8 Å². The predicted octanol–water partition coefficient (Wildman–Crippen LogP) is 1.95. The molecule has 1 aliphatic carbocycles. The lowest BCUT2D eigenvalue weighted by atomic mass is 10.2. The lowest BCUT2D eigenvalue weighted by Gasteiger charge is -2.09. The van der Waals surface area contributed by atoms with Crippen molar-refractivity contribution in [1.82, 2.24) is 5.32 Å². The molecule has 0 aromatic heterocycles. The van der Waals surface area contributed by atoms with Gasteiger partial charge in [-0.15, -0.1) is 0 Å². The smallest absolute Gasteiger partial charge is 0.0820 e. The summed E-state index contributed by atoms with van der Waals surface area (Å²) >= 11 is 0. The van der Waals surface area contributed by atoms with Gasteiger partial charge in [0.2, 0.25) is 0 Å². The maximum atomic E-state index is 5.39. The summed E-state index contributed by atoms with van der Waals surface area (Å²) in [6.07, 6.45) is 1.12. The highest BCUT2D eigenvalue weighted by atomic mass is 16.5. The van der Waals surface area contributed by atoms with E-state index in [-0.39, 0.29) is 5.60 Å². The summed E-state index contributed by atoms with van der Waals surface area (Å²) in [5.41, 5.74) is 1.41. The molecule has 0 aliphatic heterocycles. The molecule has 14 heavy (non-hydrogen) atoms. The van der Waals surface area contributed by atoms with Gasteiger partial charge in [0, 0.05) is 19.7 Å². The second kappa shape index (κ2) is 3.71. The number of hydrogen-bond acceptors (Lipinski definition) is 2. The summed E-state index contributed by atoms with van der Waals surface area (Å²) < 4.78 is 5.39. The monoisotopic (exact) mass is 191 g/mol. The largest absolute Gasteiger partial charge is 0.377 e. The molecule has 2 atom stereocenters. The zero-order chi connectivity index (χ0) is 10.0. The predicted molar refractivity (Wildman–Crippen MR) is 57.1 cm³/mol. The van der Waals surface area contributed by atoms with Crippen molar-refractivity contribution in [2.24, 2.45) is 0 Å². The topological polar surface area (TPSA) is 21.3 Å². The molecule has 0 heterocycles. The molecule has 76 valence electrons. The van der Waals surface area contributed by atoms with E-state index in [1.807, 2.05) is 6.07 Å². The molecule has 1 aromatic rings. The summed E-state index contributed by atoms with van der Waals surface area (Å²) in [7, 11) is 1.78. The van der Waals surface area contributed by atoms with Gasteiger partial charge >= 0.3 is 0 Å². The molecule has 1 fully saturated rings. The fourth-order valence-electron chi connectivity index (χ4n) is 1.70. The Kier molecular flexibility index (Phi) is 2.57. The number of rotatable bonds is 4. The van der Waals surface area contributed by atoms with Crippen molar-refractivity contribution < 1.29 is 4.74 Å². The molecule has 0 unspecified atom stereocenters. The van der Waals surface area contributed by atoms with Gasteiger partial charge in [-0.1, -0.05) is 30.3 Å². The minimum absolute atomic E-state index is 0.0782. The third kappa shape index (κ3) is 1.97. The Labute approximate surface area is 85.3 Å². The molecule has 0 saturated heterocycles. The summed E-state index contributed by atoms with van der Waals surface area (Å²) in [5.74, 6) is 0. The number of methoxy groups -OCH3 is 1. The van der Waals surface area contributed by atoms with E-state index in [4.69, 9.17) is 4.74 Å². The average molecular weight is 191 g/mol. The van der Waals surface area contributed by atoms with Crippen LogP contribution < -0.4 is 5.32 Å². The fraction of sp³-hybridized carbons (Fsp3) is 0.500. The normalized spacial score (nSPS) is 30.3. The van der Waals surface area contributed by atoms with E-state index in [0.717, 1.165) is 13.0 Å². The first kappa shape index (κ1) is 9.69. The average Bonchev–Trinajstić information content (AvgIpc) is 2.90. The first-order chi connectivity index (χ1) is 6.74. The Bertz CT molecular complexity index is 298. The number of benzene rings is 1. The van der Waals surface area contributed by atoms with E-state index < -0.39 is 0 Å². The molecule has 1 aromatic carbocycles. The molecule has 1 N–H and O–H groups in total. The summed E-state index contributed by atoms with van der Waals surface area (Å²) in [5, 5.41) is 3.49. The Morgan fingerprint density at radius 2 is 2.14 bits per heavy atom. The van der Waals surface area contributed by atoms with Crippen molar-refractivity contribution in [3.63, 3.8) is 0 Å². The van der Waals surface area contributed by atoms with Crippen molar-refractivity contribution in [3.05, 3.63) is 35.9 Å². The Morgan fingerprint density at radius 1 is 1.43 bits per heavy atom. The van der Waals surface area contributed by atoms with Crippen LogP contribution in [0.4, 0.5) is 0 Å². The summed E-state index contributed by atoms with van der Waals surface area (Å²) in [4.78, 5) is 0. The minimum Gasteiger partial charge on any atom is -0.377 e. The number of hydrogen-bond donors (Lipinski definition) is 1. The third-order valence-electron chi connectivity index (χ3n) is 3.05. The lowest BCUT2D eigenvalue weighted by molar-refractivity contribution is 0.0871. The van der Waals surface area contributed by atoms with Gasteiger partial charge in [-0.2, -0.15) is 0 Å². The van der Waals surface area contributed by atoms with Crippen molar-refractivity contribution in [2.45, 2.75) is 31.5 Å². The van der Waals surface area contributed by atoms with E-state index in [2.05, 4.69) is 36.5 Å². The van der Waals surface area contributed by atoms with Crippen molar-refractivity contribution in [2.75, 3.05) is 7.11 Å². The summed E-state index contributed by atoms with van der Waals surface area (Å²) in [6, 6.07) is 11.0. The maximum absolute atomic E-state index is 5.39. The zero-order valence-corrected chi connectivity index (χ0v) is 8.79. The SMILES string of the molecule is CO[C@]1(C)C[C@@H]1NCc1ccccc1. The fourth-order valence-corrected chi connectivity index (χ4v) is 1.70. The van der Waals surface area contributed by atoms with Crippen LogP contribution in [0.1, 0.15) is 18.9 Å². The van der Waals surface area contributed by atoms with Crippen LogP contribution in [0.15, 0.2) is 30.3 Å². The highest BCUT2D eigenvalue weighted by Crippen LogP contribution is 2.38. The Balaban J connectivity index is 1.80. The molecule has 2 rings (SSSR count). The van der Waals surface area contributed by atoms with Crippen LogP contribution in [0.5, 0.6) is 0 Å². The zero-order valence-electron chi connectivity index (χ0n) is 8.79. The van der Waals surface area contributed by atoms with Crippen LogP contribution in [0, 0.1) is 0 Å². The number of nitrogens with one attached hydrogen (secondary N) is 1. The van der Waals surface area contributed by atoms with Gasteiger partial charge < -0.3 is 10.1 Å². The van der Waals surface area contributed by atoms with Gasteiger partial charge in [0.05, 0.1) is 5.60 Å². The Hall–Kier alpha value is -0.860. The second-order valence-corrected chi connectivity index (χ2v) is 4.14. The molecule has 2 heteroatoms. The van der Waals surface area contributed by atoms with E-state index in [1.165, 1.54) is 5.56 Å². The molecule has 0 amide bonds. The molecule has 0 radical (unpaired) electrons. The molecule has 1 saturated carbocycles. The van der Waals surface area contributed by atoms with Crippen LogP contribution in [0.25, 0.3) is 0 Å². The van der Waals surface area contributed by atoms with Crippen LogP contribution in [0.3, 0.4) is 0 Å². The summed E-state index contributed by atoms with van der Waals surface area (Å²) in [6.45, 7) is 3.08. The highest BCUT2D eigenvalue weighted by Gasteiger charge is 2.50. The first-order valence-corrected chi connectivity index (χ1v) is 5.07. The maximum Gasteiger partial charge on any atom is 0.0820 e. The minimum atomic E-state index is 0.0782. The van der Waals surface area contributed by atoms with E-state index in [1.54, 1.807) is 7.11 Å². The van der Waals surface area contributed by atoms with Crippen LogP contribution in [-0.2, 0) is 11.3 Å². The van der Waals surface area contributed by atoms with Crippen LogP contribution in [0.2, 0.25) is 0 Å². The molecule has 1 aliphatic rings. The van der Waals surface area contributed by atoms with E-state index >= 15 is 0 Å². The first-order valence-electron chi connectivity index (χ1n) is 5.07. The molecule has 0 spiro atoms. The lowest BCUT2D eigenvalue weighted by Crippen LogP contribution is -2.25. The van der Waals surface area contributed by atoms with Crippen molar-refractivity contribution in [3.8, 4) is 0 Å². The van der Waals surface area contributed by atoms with Gasteiger partial charge in [0.25, 0.3) is 0 Å².